The highest BCUT2D eigenvalue weighted by molar-refractivity contribution is 7.09. The molecule has 0 atom stereocenters. The lowest BCUT2D eigenvalue weighted by Gasteiger charge is -2.08. The van der Waals surface area contributed by atoms with Crippen LogP contribution >= 0.6 is 11.3 Å². The molecular formula is C15H18N2O2S. The molecule has 1 aliphatic carbocycles. The van der Waals surface area contributed by atoms with E-state index in [1.807, 2.05) is 18.2 Å². The average Bonchev–Trinajstić information content (AvgIpc) is 3.21. The number of nitrogens with one attached hydrogen (secondary N) is 1. The van der Waals surface area contributed by atoms with Gasteiger partial charge in [0.2, 0.25) is 0 Å². The van der Waals surface area contributed by atoms with Crippen molar-refractivity contribution < 1.29 is 9.47 Å². The van der Waals surface area contributed by atoms with E-state index in [9.17, 15) is 0 Å². The van der Waals surface area contributed by atoms with E-state index in [1.54, 1.807) is 25.6 Å². The van der Waals surface area contributed by atoms with E-state index in [-0.39, 0.29) is 0 Å². The second-order valence-corrected chi connectivity index (χ2v) is 5.79. The number of benzene rings is 1. The Morgan fingerprint density at radius 1 is 1.25 bits per heavy atom. The second kappa shape index (κ2) is 5.81. The Morgan fingerprint density at radius 3 is 2.75 bits per heavy atom. The maximum absolute atomic E-state index is 5.33. The Labute approximate surface area is 122 Å². The Balaban J connectivity index is 1.77. The largest absolute Gasteiger partial charge is 0.493 e. The van der Waals surface area contributed by atoms with Gasteiger partial charge in [-0.1, -0.05) is 0 Å². The molecule has 0 saturated heterocycles. The Bertz CT molecular complexity index is 593. The van der Waals surface area contributed by atoms with Crippen LogP contribution in [-0.4, -0.2) is 25.2 Å². The Kier molecular flexibility index (Phi) is 3.89. The maximum atomic E-state index is 5.33. The fourth-order valence-corrected chi connectivity index (χ4v) is 2.79. The summed E-state index contributed by atoms with van der Waals surface area (Å²) in [6, 6.07) is 6.60. The summed E-state index contributed by atoms with van der Waals surface area (Å²) in [5.74, 6) is 1.47. The van der Waals surface area contributed by atoms with Crippen molar-refractivity contribution in [3.8, 4) is 22.8 Å². The molecule has 3 rings (SSSR count). The normalized spacial score (nSPS) is 14.3. The zero-order valence-electron chi connectivity index (χ0n) is 11.7. The molecule has 0 unspecified atom stereocenters. The molecule has 20 heavy (non-hydrogen) atoms. The quantitative estimate of drug-likeness (QED) is 0.888. The molecule has 0 aliphatic heterocycles. The first kappa shape index (κ1) is 13.4. The van der Waals surface area contributed by atoms with E-state index in [0.29, 0.717) is 6.04 Å². The van der Waals surface area contributed by atoms with Crippen molar-refractivity contribution in [1.82, 2.24) is 10.3 Å². The van der Waals surface area contributed by atoms with Gasteiger partial charge in [0.1, 0.15) is 5.01 Å². The third-order valence-corrected chi connectivity index (χ3v) is 4.20. The molecule has 2 aromatic rings. The first-order chi connectivity index (χ1) is 9.80. The molecular weight excluding hydrogens is 272 g/mol. The topological polar surface area (TPSA) is 43.4 Å². The highest BCUT2D eigenvalue weighted by Crippen LogP contribution is 2.32. The number of rotatable bonds is 6. The molecule has 1 N–H and O–H groups in total. The predicted octanol–water partition coefficient (Wildman–Crippen LogP) is 3.08. The van der Waals surface area contributed by atoms with Gasteiger partial charge >= 0.3 is 0 Å². The lowest BCUT2D eigenvalue weighted by Crippen LogP contribution is -2.14. The van der Waals surface area contributed by atoms with Crippen LogP contribution in [0.15, 0.2) is 23.6 Å². The molecule has 1 saturated carbocycles. The van der Waals surface area contributed by atoms with Gasteiger partial charge in [0, 0.05) is 23.5 Å². The molecule has 0 amide bonds. The summed E-state index contributed by atoms with van der Waals surface area (Å²) in [4.78, 5) is 4.67. The van der Waals surface area contributed by atoms with Crippen LogP contribution in [0.5, 0.6) is 11.5 Å². The van der Waals surface area contributed by atoms with Crippen LogP contribution in [0.4, 0.5) is 0 Å². The first-order valence-electron chi connectivity index (χ1n) is 6.70. The minimum absolute atomic E-state index is 0.712. The summed E-state index contributed by atoms with van der Waals surface area (Å²) in [5.41, 5.74) is 2.04. The minimum atomic E-state index is 0.712. The molecule has 106 valence electrons. The molecule has 1 aromatic heterocycles. The number of aromatic nitrogens is 1. The molecule has 1 heterocycles. The summed E-state index contributed by atoms with van der Waals surface area (Å²) < 4.78 is 10.6. The SMILES string of the molecule is COc1ccc(-c2csc(CNC3CC3)n2)cc1OC. The van der Waals surface area contributed by atoms with Crippen LogP contribution in [0.3, 0.4) is 0 Å². The van der Waals surface area contributed by atoms with Crippen molar-refractivity contribution in [1.29, 1.82) is 0 Å². The van der Waals surface area contributed by atoms with Gasteiger partial charge in [0.05, 0.1) is 19.9 Å². The van der Waals surface area contributed by atoms with Crippen LogP contribution in [0.25, 0.3) is 11.3 Å². The molecule has 0 radical (unpaired) electrons. The van der Waals surface area contributed by atoms with E-state index in [2.05, 4.69) is 15.7 Å². The third-order valence-electron chi connectivity index (χ3n) is 3.35. The molecule has 0 bridgehead atoms. The third kappa shape index (κ3) is 2.94. The monoisotopic (exact) mass is 290 g/mol. The van der Waals surface area contributed by atoms with Gasteiger partial charge in [-0.25, -0.2) is 4.98 Å². The van der Waals surface area contributed by atoms with Crippen molar-refractivity contribution in [2.45, 2.75) is 25.4 Å². The summed E-state index contributed by atoms with van der Waals surface area (Å²) in [5, 5.41) is 6.70. The van der Waals surface area contributed by atoms with Crippen molar-refractivity contribution in [3.63, 3.8) is 0 Å². The molecule has 4 nitrogen and oxygen atoms in total. The molecule has 1 aliphatic rings. The number of methoxy groups -OCH3 is 2. The highest BCUT2D eigenvalue weighted by Gasteiger charge is 2.20. The van der Waals surface area contributed by atoms with Gasteiger partial charge in [-0.3, -0.25) is 0 Å². The van der Waals surface area contributed by atoms with Gasteiger partial charge < -0.3 is 14.8 Å². The average molecular weight is 290 g/mol. The van der Waals surface area contributed by atoms with Crippen LogP contribution < -0.4 is 14.8 Å². The van der Waals surface area contributed by atoms with Gasteiger partial charge in [0.25, 0.3) is 0 Å². The Hall–Kier alpha value is -1.59. The number of hydrogen-bond donors (Lipinski definition) is 1. The first-order valence-corrected chi connectivity index (χ1v) is 7.58. The van der Waals surface area contributed by atoms with Crippen molar-refractivity contribution in [2.75, 3.05) is 14.2 Å². The van der Waals surface area contributed by atoms with Gasteiger partial charge in [0.15, 0.2) is 11.5 Å². The van der Waals surface area contributed by atoms with Crippen molar-refractivity contribution in [2.24, 2.45) is 0 Å². The van der Waals surface area contributed by atoms with E-state index < -0.39 is 0 Å². The second-order valence-electron chi connectivity index (χ2n) is 4.85. The summed E-state index contributed by atoms with van der Waals surface area (Å²) >= 11 is 1.69. The summed E-state index contributed by atoms with van der Waals surface area (Å²) in [6.07, 6.45) is 2.60. The standard InChI is InChI=1S/C15H18N2O2S/c1-18-13-6-3-10(7-14(13)19-2)12-9-20-15(17-12)8-16-11-4-5-11/h3,6-7,9,11,16H,4-5,8H2,1-2H3. The summed E-state index contributed by atoms with van der Waals surface area (Å²) in [7, 11) is 3.29. The zero-order valence-corrected chi connectivity index (χ0v) is 12.5. The lowest BCUT2D eigenvalue weighted by molar-refractivity contribution is 0.355. The fraction of sp³-hybridized carbons (Fsp3) is 0.400. The number of nitrogens with zero attached hydrogens (tertiary/aromatic N) is 1. The Morgan fingerprint density at radius 2 is 2.05 bits per heavy atom. The number of hydrogen-bond acceptors (Lipinski definition) is 5. The molecule has 1 fully saturated rings. The zero-order chi connectivity index (χ0) is 13.9. The fourth-order valence-electron chi connectivity index (χ4n) is 2.04. The van der Waals surface area contributed by atoms with Gasteiger partial charge in [-0.15, -0.1) is 11.3 Å². The van der Waals surface area contributed by atoms with Crippen LogP contribution in [-0.2, 0) is 6.54 Å². The predicted molar refractivity (Wildman–Crippen MR) is 80.5 cm³/mol. The lowest BCUT2D eigenvalue weighted by atomic mass is 10.1. The van der Waals surface area contributed by atoms with E-state index >= 15 is 0 Å². The van der Waals surface area contributed by atoms with Crippen molar-refractivity contribution >= 4 is 11.3 Å². The summed E-state index contributed by atoms with van der Waals surface area (Å²) in [6.45, 7) is 0.864. The maximum Gasteiger partial charge on any atom is 0.161 e. The molecule has 0 spiro atoms. The van der Waals surface area contributed by atoms with Gasteiger partial charge in [-0.2, -0.15) is 0 Å². The van der Waals surface area contributed by atoms with Gasteiger partial charge in [-0.05, 0) is 31.0 Å². The van der Waals surface area contributed by atoms with E-state index in [1.165, 1.54) is 12.8 Å². The van der Waals surface area contributed by atoms with Crippen LogP contribution in [0.2, 0.25) is 0 Å². The molecule has 5 heteroatoms. The number of ether oxygens (including phenoxy) is 2. The van der Waals surface area contributed by atoms with Crippen molar-refractivity contribution in [3.05, 3.63) is 28.6 Å². The molecule has 1 aromatic carbocycles. The minimum Gasteiger partial charge on any atom is -0.493 e. The van der Waals surface area contributed by atoms with E-state index in [4.69, 9.17) is 9.47 Å². The van der Waals surface area contributed by atoms with Crippen LogP contribution in [0, 0.1) is 0 Å². The smallest absolute Gasteiger partial charge is 0.161 e. The number of thiazole rings is 1. The van der Waals surface area contributed by atoms with Crippen LogP contribution in [0.1, 0.15) is 17.8 Å². The van der Waals surface area contributed by atoms with E-state index in [0.717, 1.165) is 34.3 Å². The highest BCUT2D eigenvalue weighted by atomic mass is 32.1.